The maximum Gasteiger partial charge on any atom is 0.00297 e. The van der Waals surface area contributed by atoms with E-state index in [1.807, 2.05) is 0 Å². The molecule has 0 aromatic heterocycles. The highest BCUT2D eigenvalue weighted by molar-refractivity contribution is 5.64. The number of allylic oxidation sites excluding steroid dienone is 1. The van der Waals surface area contributed by atoms with Gasteiger partial charge < -0.3 is 0 Å². The van der Waals surface area contributed by atoms with Crippen molar-refractivity contribution in [1.82, 2.24) is 0 Å². The van der Waals surface area contributed by atoms with Gasteiger partial charge in [0.1, 0.15) is 0 Å². The van der Waals surface area contributed by atoms with Gasteiger partial charge in [0.2, 0.25) is 0 Å². The second-order valence-corrected chi connectivity index (χ2v) is 5.16. The summed E-state index contributed by atoms with van der Waals surface area (Å²) in [5, 5.41) is 0. The Bertz CT molecular complexity index is 397. The van der Waals surface area contributed by atoms with Crippen LogP contribution in [0, 0.1) is 19.8 Å². The summed E-state index contributed by atoms with van der Waals surface area (Å²) in [4.78, 5) is 0. The SMILES string of the molecule is Cc1cc2c(cc1C)C(CC(C)C)C=C2. The minimum Gasteiger partial charge on any atom is -0.0764 e. The fraction of sp³-hybridized carbons (Fsp3) is 0.467. The van der Waals surface area contributed by atoms with Gasteiger partial charge in [-0.1, -0.05) is 38.1 Å². The van der Waals surface area contributed by atoms with Crippen LogP contribution < -0.4 is 0 Å². The lowest BCUT2D eigenvalue weighted by molar-refractivity contribution is 0.553. The highest BCUT2D eigenvalue weighted by Gasteiger charge is 2.18. The van der Waals surface area contributed by atoms with Crippen LogP contribution in [0.2, 0.25) is 0 Å². The number of benzene rings is 1. The summed E-state index contributed by atoms with van der Waals surface area (Å²) in [6.07, 6.45) is 5.92. The Kier molecular flexibility index (Phi) is 2.68. The molecule has 0 bridgehead atoms. The minimum absolute atomic E-state index is 0.652. The molecule has 0 spiro atoms. The van der Waals surface area contributed by atoms with Crippen LogP contribution in [0.5, 0.6) is 0 Å². The molecule has 0 aliphatic heterocycles. The van der Waals surface area contributed by atoms with E-state index in [1.54, 1.807) is 0 Å². The topological polar surface area (TPSA) is 0 Å². The van der Waals surface area contributed by atoms with Gasteiger partial charge in [-0.05, 0) is 48.4 Å². The summed E-state index contributed by atoms with van der Waals surface area (Å²) in [5.74, 6) is 1.42. The average molecular weight is 200 g/mol. The van der Waals surface area contributed by atoms with Crippen molar-refractivity contribution in [2.24, 2.45) is 5.92 Å². The van der Waals surface area contributed by atoms with Gasteiger partial charge in [0.25, 0.3) is 0 Å². The molecular weight excluding hydrogens is 180 g/mol. The van der Waals surface area contributed by atoms with Crippen molar-refractivity contribution >= 4 is 6.08 Å². The van der Waals surface area contributed by atoms with Crippen LogP contribution in [0.4, 0.5) is 0 Å². The van der Waals surface area contributed by atoms with Crippen LogP contribution >= 0.6 is 0 Å². The summed E-state index contributed by atoms with van der Waals surface area (Å²) in [7, 11) is 0. The maximum absolute atomic E-state index is 2.37. The molecule has 0 heteroatoms. The molecule has 0 radical (unpaired) electrons. The van der Waals surface area contributed by atoms with Gasteiger partial charge in [-0.2, -0.15) is 0 Å². The van der Waals surface area contributed by atoms with E-state index in [9.17, 15) is 0 Å². The molecule has 0 fully saturated rings. The normalized spacial score (nSPS) is 18.6. The average Bonchev–Trinajstić information content (AvgIpc) is 2.49. The first kappa shape index (κ1) is 10.5. The van der Waals surface area contributed by atoms with Gasteiger partial charge in [-0.15, -0.1) is 0 Å². The Morgan fingerprint density at radius 3 is 2.47 bits per heavy atom. The molecule has 1 aromatic rings. The Morgan fingerprint density at radius 1 is 1.13 bits per heavy atom. The van der Waals surface area contributed by atoms with E-state index in [4.69, 9.17) is 0 Å². The Morgan fingerprint density at radius 2 is 1.80 bits per heavy atom. The summed E-state index contributed by atoms with van der Waals surface area (Å²) >= 11 is 0. The highest BCUT2D eigenvalue weighted by Crippen LogP contribution is 2.35. The van der Waals surface area contributed by atoms with E-state index in [1.165, 1.54) is 28.7 Å². The number of aryl methyl sites for hydroxylation is 2. The predicted molar refractivity (Wildman–Crippen MR) is 67.1 cm³/mol. The first-order valence-corrected chi connectivity index (χ1v) is 5.87. The van der Waals surface area contributed by atoms with Crippen molar-refractivity contribution in [3.63, 3.8) is 0 Å². The van der Waals surface area contributed by atoms with Crippen LogP contribution in [-0.2, 0) is 0 Å². The molecule has 1 unspecified atom stereocenters. The van der Waals surface area contributed by atoms with E-state index in [2.05, 4.69) is 52.0 Å². The van der Waals surface area contributed by atoms with Gasteiger partial charge in [0, 0.05) is 5.92 Å². The molecule has 1 aromatic carbocycles. The van der Waals surface area contributed by atoms with Crippen LogP contribution in [0.3, 0.4) is 0 Å². The van der Waals surface area contributed by atoms with E-state index >= 15 is 0 Å². The third-order valence-corrected chi connectivity index (χ3v) is 3.33. The van der Waals surface area contributed by atoms with E-state index in [0.717, 1.165) is 5.92 Å². The standard InChI is InChI=1S/C15H20/c1-10(2)7-13-5-6-14-8-11(3)12(4)9-15(13)14/h5-6,8-10,13H,7H2,1-4H3. The molecule has 80 valence electrons. The second-order valence-electron chi connectivity index (χ2n) is 5.16. The molecule has 1 atom stereocenters. The molecule has 0 nitrogen and oxygen atoms in total. The fourth-order valence-electron chi connectivity index (χ4n) is 2.36. The zero-order chi connectivity index (χ0) is 11.0. The number of hydrogen-bond acceptors (Lipinski definition) is 0. The Hall–Kier alpha value is -1.04. The summed E-state index contributed by atoms with van der Waals surface area (Å²) < 4.78 is 0. The van der Waals surface area contributed by atoms with Crippen LogP contribution in [0.25, 0.3) is 6.08 Å². The van der Waals surface area contributed by atoms with E-state index in [0.29, 0.717) is 5.92 Å². The van der Waals surface area contributed by atoms with E-state index in [-0.39, 0.29) is 0 Å². The molecule has 15 heavy (non-hydrogen) atoms. The molecule has 0 N–H and O–H groups in total. The first-order valence-electron chi connectivity index (χ1n) is 5.87. The zero-order valence-corrected chi connectivity index (χ0v) is 10.2. The molecule has 0 saturated carbocycles. The van der Waals surface area contributed by atoms with Gasteiger partial charge in [-0.25, -0.2) is 0 Å². The monoisotopic (exact) mass is 200 g/mol. The lowest BCUT2D eigenvalue weighted by atomic mass is 9.90. The molecule has 1 aliphatic rings. The molecule has 2 rings (SSSR count). The maximum atomic E-state index is 2.37. The van der Waals surface area contributed by atoms with Crippen molar-refractivity contribution in [1.29, 1.82) is 0 Å². The fourth-order valence-corrected chi connectivity index (χ4v) is 2.36. The minimum atomic E-state index is 0.652. The lowest BCUT2D eigenvalue weighted by Crippen LogP contribution is -1.99. The Balaban J connectivity index is 2.34. The summed E-state index contributed by atoms with van der Waals surface area (Å²) in [6, 6.07) is 4.69. The highest BCUT2D eigenvalue weighted by atomic mass is 14.2. The van der Waals surface area contributed by atoms with Gasteiger partial charge in [-0.3, -0.25) is 0 Å². The van der Waals surface area contributed by atoms with Gasteiger partial charge in [0.05, 0.1) is 0 Å². The summed E-state index contributed by atoms with van der Waals surface area (Å²) in [6.45, 7) is 9.00. The Labute approximate surface area is 93.0 Å². The summed E-state index contributed by atoms with van der Waals surface area (Å²) in [5.41, 5.74) is 5.80. The van der Waals surface area contributed by atoms with Crippen molar-refractivity contribution in [3.05, 3.63) is 40.5 Å². The third kappa shape index (κ3) is 1.99. The molecule has 0 heterocycles. The van der Waals surface area contributed by atoms with Gasteiger partial charge >= 0.3 is 0 Å². The number of fused-ring (bicyclic) bond motifs is 1. The van der Waals surface area contributed by atoms with E-state index < -0.39 is 0 Å². The third-order valence-electron chi connectivity index (χ3n) is 3.33. The lowest BCUT2D eigenvalue weighted by Gasteiger charge is -2.15. The smallest absolute Gasteiger partial charge is 0.00297 e. The van der Waals surface area contributed by atoms with Crippen molar-refractivity contribution < 1.29 is 0 Å². The van der Waals surface area contributed by atoms with Gasteiger partial charge in [0.15, 0.2) is 0 Å². The molecule has 1 aliphatic carbocycles. The van der Waals surface area contributed by atoms with Crippen molar-refractivity contribution in [2.75, 3.05) is 0 Å². The molecular formula is C15H20. The number of rotatable bonds is 2. The quantitative estimate of drug-likeness (QED) is 0.661. The molecule has 0 amide bonds. The second kappa shape index (κ2) is 3.84. The largest absolute Gasteiger partial charge is 0.0764 e. The van der Waals surface area contributed by atoms with Crippen LogP contribution in [-0.4, -0.2) is 0 Å². The van der Waals surface area contributed by atoms with Crippen molar-refractivity contribution in [2.45, 2.75) is 40.0 Å². The number of hydrogen-bond donors (Lipinski definition) is 0. The van der Waals surface area contributed by atoms with Crippen LogP contribution in [0.15, 0.2) is 18.2 Å². The predicted octanol–water partition coefficient (Wildman–Crippen LogP) is 4.46. The van der Waals surface area contributed by atoms with Crippen molar-refractivity contribution in [3.8, 4) is 0 Å². The first-order chi connectivity index (χ1) is 7.08. The molecule has 0 saturated heterocycles. The van der Waals surface area contributed by atoms with Crippen LogP contribution in [0.1, 0.15) is 48.4 Å². The zero-order valence-electron chi connectivity index (χ0n) is 10.2.